The zero-order valence-electron chi connectivity index (χ0n) is 8.76. The SMILES string of the molecule is CC(Cl)C(=O)NC(=O)Nc1c(F)cccc1Br. The zero-order valence-corrected chi connectivity index (χ0v) is 11.1. The number of halogens is 3. The molecule has 4 nitrogen and oxygen atoms in total. The number of nitrogens with one attached hydrogen (secondary N) is 2. The van der Waals surface area contributed by atoms with Crippen LogP contribution in [0.2, 0.25) is 0 Å². The molecule has 0 spiro atoms. The second-order valence-electron chi connectivity index (χ2n) is 3.16. The molecule has 92 valence electrons. The lowest BCUT2D eigenvalue weighted by Gasteiger charge is -2.09. The third-order valence-electron chi connectivity index (χ3n) is 1.80. The van der Waals surface area contributed by atoms with Crippen molar-refractivity contribution >= 4 is 45.2 Å². The molecule has 1 unspecified atom stereocenters. The average molecular weight is 324 g/mol. The Morgan fingerprint density at radius 3 is 2.65 bits per heavy atom. The number of rotatable bonds is 2. The first-order valence-electron chi connectivity index (χ1n) is 4.61. The minimum absolute atomic E-state index is 0.0416. The number of amides is 3. The van der Waals surface area contributed by atoms with E-state index in [1.165, 1.54) is 19.1 Å². The lowest BCUT2D eigenvalue weighted by atomic mass is 10.3. The van der Waals surface area contributed by atoms with E-state index in [-0.39, 0.29) is 5.69 Å². The van der Waals surface area contributed by atoms with Gasteiger partial charge in [0.25, 0.3) is 0 Å². The van der Waals surface area contributed by atoms with Crippen LogP contribution in [0, 0.1) is 5.82 Å². The summed E-state index contributed by atoms with van der Waals surface area (Å²) < 4.78 is 13.7. The Balaban J connectivity index is 2.72. The highest BCUT2D eigenvalue weighted by atomic mass is 79.9. The van der Waals surface area contributed by atoms with E-state index in [9.17, 15) is 14.0 Å². The van der Waals surface area contributed by atoms with Gasteiger partial charge in [0.2, 0.25) is 5.91 Å². The molecule has 0 aromatic heterocycles. The molecule has 0 saturated carbocycles. The van der Waals surface area contributed by atoms with Gasteiger partial charge in [-0.25, -0.2) is 9.18 Å². The Hall–Kier alpha value is -1.14. The highest BCUT2D eigenvalue weighted by molar-refractivity contribution is 9.10. The second-order valence-corrected chi connectivity index (χ2v) is 4.67. The molecule has 7 heteroatoms. The van der Waals surface area contributed by atoms with Gasteiger partial charge in [0.05, 0.1) is 5.69 Å². The van der Waals surface area contributed by atoms with Crippen molar-refractivity contribution in [3.8, 4) is 0 Å². The van der Waals surface area contributed by atoms with Crippen LogP contribution in [-0.2, 0) is 4.79 Å². The molecule has 1 aromatic rings. The molecule has 0 heterocycles. The summed E-state index contributed by atoms with van der Waals surface area (Å²) in [6.45, 7) is 1.42. The number of alkyl halides is 1. The third-order valence-corrected chi connectivity index (χ3v) is 2.66. The Kier molecular flexibility index (Phi) is 4.89. The van der Waals surface area contributed by atoms with Crippen molar-refractivity contribution in [1.29, 1.82) is 0 Å². The molecule has 1 atom stereocenters. The number of hydrogen-bond acceptors (Lipinski definition) is 2. The normalized spacial score (nSPS) is 11.8. The number of carbonyl (C=O) groups excluding carboxylic acids is 2. The quantitative estimate of drug-likeness (QED) is 0.822. The first kappa shape index (κ1) is 13.9. The minimum Gasteiger partial charge on any atom is -0.304 e. The lowest BCUT2D eigenvalue weighted by Crippen LogP contribution is -2.38. The van der Waals surface area contributed by atoms with E-state index in [4.69, 9.17) is 11.6 Å². The number of hydrogen-bond donors (Lipinski definition) is 2. The van der Waals surface area contributed by atoms with Crippen molar-refractivity contribution in [3.05, 3.63) is 28.5 Å². The standard InChI is InChI=1S/C10H9BrClFN2O2/c1-5(12)9(16)15-10(17)14-8-6(11)3-2-4-7(8)13/h2-5H,1H3,(H2,14,15,16,17). The predicted molar refractivity (Wildman–Crippen MR) is 66.6 cm³/mol. The first-order chi connectivity index (χ1) is 7.91. The van der Waals surface area contributed by atoms with Crippen LogP contribution in [0.5, 0.6) is 0 Å². The number of carbonyl (C=O) groups is 2. The first-order valence-corrected chi connectivity index (χ1v) is 5.84. The van der Waals surface area contributed by atoms with Crippen LogP contribution in [0.1, 0.15) is 6.92 Å². The van der Waals surface area contributed by atoms with Crippen molar-refractivity contribution in [2.45, 2.75) is 12.3 Å². The molecule has 0 bridgehead atoms. The number of urea groups is 1. The number of imide groups is 1. The van der Waals surface area contributed by atoms with Gasteiger partial charge in [-0.15, -0.1) is 11.6 Å². The molecule has 2 N–H and O–H groups in total. The fourth-order valence-corrected chi connectivity index (χ4v) is 1.47. The van der Waals surface area contributed by atoms with Gasteiger partial charge in [-0.2, -0.15) is 0 Å². The van der Waals surface area contributed by atoms with E-state index in [0.717, 1.165) is 0 Å². The maximum Gasteiger partial charge on any atom is 0.326 e. The highest BCUT2D eigenvalue weighted by Crippen LogP contribution is 2.24. The molecule has 0 saturated heterocycles. The van der Waals surface area contributed by atoms with Gasteiger partial charge in [0.1, 0.15) is 11.2 Å². The van der Waals surface area contributed by atoms with E-state index in [0.29, 0.717) is 4.47 Å². The number of anilines is 1. The van der Waals surface area contributed by atoms with Gasteiger partial charge in [0, 0.05) is 4.47 Å². The van der Waals surface area contributed by atoms with E-state index in [1.54, 1.807) is 6.07 Å². The number of para-hydroxylation sites is 1. The van der Waals surface area contributed by atoms with Crippen LogP contribution in [0.3, 0.4) is 0 Å². The third kappa shape index (κ3) is 3.98. The summed E-state index contributed by atoms with van der Waals surface area (Å²) >= 11 is 8.54. The Morgan fingerprint density at radius 2 is 2.12 bits per heavy atom. The Morgan fingerprint density at radius 1 is 1.47 bits per heavy atom. The molecule has 1 aromatic carbocycles. The Labute approximate surface area is 111 Å². The maximum absolute atomic E-state index is 13.3. The van der Waals surface area contributed by atoms with Gasteiger partial charge in [-0.05, 0) is 35.0 Å². The van der Waals surface area contributed by atoms with Gasteiger partial charge in [-0.3, -0.25) is 10.1 Å². The van der Waals surface area contributed by atoms with E-state index in [1.807, 2.05) is 5.32 Å². The molecular formula is C10H9BrClFN2O2. The van der Waals surface area contributed by atoms with Crippen LogP contribution >= 0.6 is 27.5 Å². The molecule has 17 heavy (non-hydrogen) atoms. The fraction of sp³-hybridized carbons (Fsp3) is 0.200. The van der Waals surface area contributed by atoms with Crippen molar-refractivity contribution in [1.82, 2.24) is 5.32 Å². The van der Waals surface area contributed by atoms with Crippen LogP contribution in [-0.4, -0.2) is 17.3 Å². The van der Waals surface area contributed by atoms with E-state index < -0.39 is 23.1 Å². The van der Waals surface area contributed by atoms with Crippen LogP contribution < -0.4 is 10.6 Å². The molecular weight excluding hydrogens is 314 g/mol. The maximum atomic E-state index is 13.3. The van der Waals surface area contributed by atoms with Crippen LogP contribution in [0.25, 0.3) is 0 Å². The van der Waals surface area contributed by atoms with Crippen molar-refractivity contribution in [2.75, 3.05) is 5.32 Å². The summed E-state index contributed by atoms with van der Waals surface area (Å²) in [5.74, 6) is -1.27. The number of benzene rings is 1. The van der Waals surface area contributed by atoms with E-state index >= 15 is 0 Å². The summed E-state index contributed by atoms with van der Waals surface area (Å²) in [6.07, 6.45) is 0. The Bertz CT molecular complexity index is 434. The topological polar surface area (TPSA) is 58.2 Å². The molecule has 0 aliphatic heterocycles. The summed E-state index contributed by atoms with van der Waals surface area (Å²) in [4.78, 5) is 22.4. The monoisotopic (exact) mass is 322 g/mol. The van der Waals surface area contributed by atoms with Gasteiger partial charge >= 0.3 is 6.03 Å². The molecule has 3 amide bonds. The average Bonchev–Trinajstić information content (AvgIpc) is 2.23. The van der Waals surface area contributed by atoms with Gasteiger partial charge in [-0.1, -0.05) is 6.07 Å². The second kappa shape index (κ2) is 5.97. The van der Waals surface area contributed by atoms with E-state index in [2.05, 4.69) is 21.2 Å². The highest BCUT2D eigenvalue weighted by Gasteiger charge is 2.15. The summed E-state index contributed by atoms with van der Waals surface area (Å²) in [5, 5.41) is 3.34. The van der Waals surface area contributed by atoms with Crippen molar-refractivity contribution < 1.29 is 14.0 Å². The predicted octanol–water partition coefficient (Wildman–Crippen LogP) is 2.86. The smallest absolute Gasteiger partial charge is 0.304 e. The summed E-state index contributed by atoms with van der Waals surface area (Å²) in [7, 11) is 0. The lowest BCUT2D eigenvalue weighted by molar-refractivity contribution is -0.119. The largest absolute Gasteiger partial charge is 0.326 e. The molecule has 0 fully saturated rings. The van der Waals surface area contributed by atoms with Gasteiger partial charge < -0.3 is 5.32 Å². The zero-order chi connectivity index (χ0) is 13.0. The minimum atomic E-state index is -0.843. The van der Waals surface area contributed by atoms with Crippen LogP contribution in [0.15, 0.2) is 22.7 Å². The summed E-state index contributed by atoms with van der Waals surface area (Å²) in [6, 6.07) is 3.39. The van der Waals surface area contributed by atoms with Gasteiger partial charge in [0.15, 0.2) is 0 Å². The summed E-state index contributed by atoms with van der Waals surface area (Å²) in [5.41, 5.74) is -0.0416. The fourth-order valence-electron chi connectivity index (χ4n) is 0.973. The molecule has 0 aliphatic rings. The molecule has 1 rings (SSSR count). The van der Waals surface area contributed by atoms with Crippen LogP contribution in [0.4, 0.5) is 14.9 Å². The molecule has 0 radical (unpaired) electrons. The van der Waals surface area contributed by atoms with Crippen molar-refractivity contribution in [3.63, 3.8) is 0 Å². The van der Waals surface area contributed by atoms with Crippen molar-refractivity contribution in [2.24, 2.45) is 0 Å². The molecule has 0 aliphatic carbocycles.